The van der Waals surface area contributed by atoms with E-state index in [2.05, 4.69) is 21.7 Å². The number of hydrogen-bond donors (Lipinski definition) is 2. The maximum Gasteiger partial charge on any atom is 0.160 e. The first-order valence-electron chi connectivity index (χ1n) is 0.728. The number of hydrogen-bond acceptors (Lipinski definition) is 1. The fraction of sp³-hybridized carbons (Fsp3) is 0. The lowest BCUT2D eigenvalue weighted by Crippen LogP contribution is -1.95. The zero-order valence-electron chi connectivity index (χ0n) is 1.96. The average molecular weight is 123 g/mol. The van der Waals surface area contributed by atoms with Crippen LogP contribution in [0.3, 0.4) is 0 Å². The van der Waals surface area contributed by atoms with Gasteiger partial charge in [0.1, 0.15) is 0 Å². The molecule has 0 saturated heterocycles. The van der Waals surface area contributed by atoms with Crippen molar-refractivity contribution in [2.24, 2.45) is 5.73 Å². The second kappa shape index (κ2) is 1.29. The number of nitrogens with one attached hydrogen (secondary N) is 1. The van der Waals surface area contributed by atoms with Crippen LogP contribution in [0.25, 0.3) is 0 Å². The van der Waals surface area contributed by atoms with Gasteiger partial charge < -0.3 is 5.73 Å². The summed E-state index contributed by atoms with van der Waals surface area (Å²) in [4.78, 5) is 0. The van der Waals surface area contributed by atoms with Crippen molar-refractivity contribution in [2.45, 2.75) is 0 Å². The molecule has 2 nitrogen and oxygen atoms in total. The predicted octanol–water partition coefficient (Wildman–Crippen LogP) is 0.275. The number of amidine groups is 1. The van der Waals surface area contributed by atoms with Crippen molar-refractivity contribution < 1.29 is 0 Å². The average Bonchev–Trinajstić information content (AvgIpc) is 0.811. The SMILES string of the molecule is N=C(N)Br. The fourth-order valence-corrected chi connectivity index (χ4v) is 0. The molecule has 0 heterocycles. The Morgan fingerprint density at radius 1 is 2.00 bits per heavy atom. The lowest BCUT2D eigenvalue weighted by molar-refractivity contribution is 1.51. The lowest BCUT2D eigenvalue weighted by atomic mass is 11.4. The van der Waals surface area contributed by atoms with E-state index in [9.17, 15) is 0 Å². The molecule has 0 saturated carbocycles. The zero-order valence-corrected chi connectivity index (χ0v) is 3.54. The van der Waals surface area contributed by atoms with Gasteiger partial charge in [-0.25, -0.2) is 0 Å². The van der Waals surface area contributed by atoms with E-state index >= 15 is 0 Å². The summed E-state index contributed by atoms with van der Waals surface area (Å²) in [7, 11) is 0. The number of halogens is 1. The molecule has 0 aromatic rings. The Morgan fingerprint density at radius 3 is 2.00 bits per heavy atom. The molecule has 0 radical (unpaired) electrons. The summed E-state index contributed by atoms with van der Waals surface area (Å²) >= 11 is 2.63. The summed E-state index contributed by atoms with van der Waals surface area (Å²) in [5, 5.41) is 6.19. The van der Waals surface area contributed by atoms with E-state index in [0.717, 1.165) is 0 Å². The van der Waals surface area contributed by atoms with Crippen molar-refractivity contribution in [3.63, 3.8) is 0 Å². The summed E-state index contributed by atoms with van der Waals surface area (Å²) in [5.41, 5.74) is 4.61. The molecule has 3 N–H and O–H groups in total. The third-order valence-corrected chi connectivity index (χ3v) is 0. The molecule has 0 fully saturated rings. The highest BCUT2D eigenvalue weighted by Gasteiger charge is 1.57. The molecule has 0 unspecified atom stereocenters. The summed E-state index contributed by atoms with van der Waals surface area (Å²) < 4.78 is -0.0208. The van der Waals surface area contributed by atoms with E-state index in [0.29, 0.717) is 0 Å². The van der Waals surface area contributed by atoms with E-state index in [4.69, 9.17) is 5.41 Å². The van der Waals surface area contributed by atoms with Crippen LogP contribution in [0.15, 0.2) is 0 Å². The number of nitrogens with two attached hydrogens (primary N) is 1. The molecule has 0 aliphatic rings. The van der Waals surface area contributed by atoms with Crippen molar-refractivity contribution in [2.75, 3.05) is 0 Å². The minimum absolute atomic E-state index is 0.0208. The molecule has 3 heteroatoms. The Balaban J connectivity index is 2.80. The molecule has 0 atom stereocenters. The number of rotatable bonds is 0. The normalized spacial score (nSPS) is 6.25. The highest BCUT2D eigenvalue weighted by Crippen LogP contribution is 1.65. The second-order valence-electron chi connectivity index (χ2n) is 0.348. The Bertz CT molecular complexity index is 29.0. The monoisotopic (exact) mass is 122 g/mol. The highest BCUT2D eigenvalue weighted by atomic mass is 79.9. The maximum atomic E-state index is 6.19. The Morgan fingerprint density at radius 2 is 2.00 bits per heavy atom. The quantitative estimate of drug-likeness (QED) is 0.271. The molecule has 0 bridgehead atoms. The van der Waals surface area contributed by atoms with Crippen LogP contribution >= 0.6 is 15.9 Å². The van der Waals surface area contributed by atoms with Crippen molar-refractivity contribution in [1.29, 1.82) is 5.41 Å². The van der Waals surface area contributed by atoms with Crippen LogP contribution in [-0.4, -0.2) is 4.74 Å². The van der Waals surface area contributed by atoms with Gasteiger partial charge in [-0.1, -0.05) is 0 Å². The van der Waals surface area contributed by atoms with Gasteiger partial charge in [0.05, 0.1) is 0 Å². The van der Waals surface area contributed by atoms with Gasteiger partial charge in [0.2, 0.25) is 0 Å². The van der Waals surface area contributed by atoms with Crippen LogP contribution in [0.2, 0.25) is 0 Å². The van der Waals surface area contributed by atoms with Gasteiger partial charge in [-0.3, -0.25) is 5.41 Å². The minimum atomic E-state index is -0.0208. The predicted molar refractivity (Wildman–Crippen MR) is 20.8 cm³/mol. The fourth-order valence-electron chi connectivity index (χ4n) is 0. The first-order valence-corrected chi connectivity index (χ1v) is 1.52. The van der Waals surface area contributed by atoms with Gasteiger partial charge in [-0.2, -0.15) is 0 Å². The summed E-state index contributed by atoms with van der Waals surface area (Å²) in [6.07, 6.45) is 0. The molecular formula is CH3BrN2. The summed E-state index contributed by atoms with van der Waals surface area (Å²) in [6.45, 7) is 0. The summed E-state index contributed by atoms with van der Waals surface area (Å²) in [5.74, 6) is 0. The molecule has 0 spiro atoms. The van der Waals surface area contributed by atoms with Crippen molar-refractivity contribution >= 4 is 20.7 Å². The molecular weight excluding hydrogens is 120 g/mol. The Hall–Kier alpha value is -0.0500. The molecule has 0 aliphatic heterocycles. The second-order valence-corrected chi connectivity index (χ2v) is 1.20. The van der Waals surface area contributed by atoms with Crippen LogP contribution in [-0.2, 0) is 0 Å². The van der Waals surface area contributed by atoms with Gasteiger partial charge in [0.25, 0.3) is 0 Å². The van der Waals surface area contributed by atoms with Crippen molar-refractivity contribution in [1.82, 2.24) is 0 Å². The minimum Gasteiger partial charge on any atom is -0.378 e. The van der Waals surface area contributed by atoms with Crippen LogP contribution in [0.4, 0.5) is 0 Å². The topological polar surface area (TPSA) is 49.9 Å². The van der Waals surface area contributed by atoms with Gasteiger partial charge in [-0.05, 0) is 15.9 Å². The van der Waals surface area contributed by atoms with Crippen LogP contribution in [0, 0.1) is 5.41 Å². The molecule has 0 aliphatic carbocycles. The first-order chi connectivity index (χ1) is 1.73. The van der Waals surface area contributed by atoms with Gasteiger partial charge in [0, 0.05) is 0 Å². The van der Waals surface area contributed by atoms with Crippen LogP contribution in [0.5, 0.6) is 0 Å². The molecule has 4 heavy (non-hydrogen) atoms. The maximum absolute atomic E-state index is 6.19. The smallest absolute Gasteiger partial charge is 0.160 e. The van der Waals surface area contributed by atoms with E-state index in [1.165, 1.54) is 0 Å². The van der Waals surface area contributed by atoms with Gasteiger partial charge in [-0.15, -0.1) is 0 Å². The third kappa shape index (κ3) is 704. The Kier molecular flexibility index (Phi) is 1.27. The summed E-state index contributed by atoms with van der Waals surface area (Å²) in [6, 6.07) is 0. The molecule has 0 aromatic heterocycles. The molecule has 0 aromatic carbocycles. The van der Waals surface area contributed by atoms with Gasteiger partial charge in [0.15, 0.2) is 4.74 Å². The van der Waals surface area contributed by atoms with E-state index in [1.54, 1.807) is 0 Å². The largest absolute Gasteiger partial charge is 0.378 e. The van der Waals surface area contributed by atoms with Crippen LogP contribution < -0.4 is 5.73 Å². The molecule has 0 amide bonds. The highest BCUT2D eigenvalue weighted by molar-refractivity contribution is 9.18. The van der Waals surface area contributed by atoms with E-state index < -0.39 is 0 Å². The first kappa shape index (κ1) is 3.95. The van der Waals surface area contributed by atoms with Crippen molar-refractivity contribution in [3.8, 4) is 0 Å². The van der Waals surface area contributed by atoms with Crippen molar-refractivity contribution in [3.05, 3.63) is 0 Å². The van der Waals surface area contributed by atoms with Gasteiger partial charge >= 0.3 is 0 Å². The van der Waals surface area contributed by atoms with Crippen LogP contribution in [0.1, 0.15) is 0 Å². The Labute approximate surface area is 32.6 Å². The van der Waals surface area contributed by atoms with E-state index in [-0.39, 0.29) is 4.74 Å². The molecule has 0 rings (SSSR count). The zero-order chi connectivity index (χ0) is 3.58. The standard InChI is InChI=1S/CH3BrN2/c2-1(3)4/h(H3,3,4). The molecule has 24 valence electrons. The van der Waals surface area contributed by atoms with E-state index in [1.807, 2.05) is 0 Å². The lowest BCUT2D eigenvalue weighted by Gasteiger charge is -1.63. The third-order valence-electron chi connectivity index (χ3n) is 0.